The second-order valence-electron chi connectivity index (χ2n) is 3.93. The Morgan fingerprint density at radius 3 is 2.10 bits per heavy atom. The summed E-state index contributed by atoms with van der Waals surface area (Å²) in [5.74, 6) is 0.0561. The summed E-state index contributed by atoms with van der Waals surface area (Å²) in [6.07, 6.45) is 0. The minimum Gasteiger partial charge on any atom is -0.496 e. The Morgan fingerprint density at radius 1 is 0.950 bits per heavy atom. The zero-order valence-corrected chi connectivity index (χ0v) is 11.8. The lowest BCUT2D eigenvalue weighted by Gasteiger charge is -2.10. The second-order valence-corrected chi connectivity index (χ2v) is 6.74. The molecule has 0 unspecified atom stereocenters. The number of fused-ring (bicyclic) bond motifs is 1. The monoisotopic (exact) mass is 318 g/mol. The Bertz CT molecular complexity index is 882. The van der Waals surface area contributed by atoms with Crippen LogP contribution in [0.25, 0.3) is 10.8 Å². The molecular weight excluding hydrogens is 308 g/mol. The van der Waals surface area contributed by atoms with Crippen molar-refractivity contribution < 1.29 is 30.7 Å². The van der Waals surface area contributed by atoms with Crippen molar-refractivity contribution in [3.63, 3.8) is 0 Å². The molecule has 108 valence electrons. The minimum absolute atomic E-state index is 0.0561. The van der Waals surface area contributed by atoms with Gasteiger partial charge < -0.3 is 4.74 Å². The van der Waals surface area contributed by atoms with Crippen LogP contribution in [0.4, 0.5) is 0 Å². The molecule has 0 heterocycles. The number of rotatable bonds is 3. The maximum atomic E-state index is 11.3. The predicted molar refractivity (Wildman–Crippen MR) is 70.1 cm³/mol. The Hall–Kier alpha value is -1.68. The molecule has 0 aromatic heterocycles. The van der Waals surface area contributed by atoms with E-state index in [1.165, 1.54) is 19.2 Å². The number of methoxy groups -OCH3 is 1. The van der Waals surface area contributed by atoms with Crippen LogP contribution in [0.1, 0.15) is 0 Å². The first-order valence-electron chi connectivity index (χ1n) is 5.20. The highest BCUT2D eigenvalue weighted by atomic mass is 32.2. The van der Waals surface area contributed by atoms with Crippen molar-refractivity contribution in [2.24, 2.45) is 0 Å². The molecule has 0 atom stereocenters. The van der Waals surface area contributed by atoms with E-state index in [9.17, 15) is 16.8 Å². The molecular formula is C11H10O7S2. The van der Waals surface area contributed by atoms with Crippen molar-refractivity contribution in [1.29, 1.82) is 0 Å². The fraction of sp³-hybridized carbons (Fsp3) is 0.0909. The summed E-state index contributed by atoms with van der Waals surface area (Å²) in [7, 11) is -7.83. The average molecular weight is 318 g/mol. The highest BCUT2D eigenvalue weighted by Gasteiger charge is 2.19. The van der Waals surface area contributed by atoms with Crippen molar-refractivity contribution in [1.82, 2.24) is 0 Å². The van der Waals surface area contributed by atoms with Crippen LogP contribution in [0.15, 0.2) is 40.1 Å². The van der Waals surface area contributed by atoms with E-state index in [0.717, 1.165) is 18.2 Å². The first kappa shape index (κ1) is 14.7. The Kier molecular flexibility index (Phi) is 3.46. The van der Waals surface area contributed by atoms with Crippen molar-refractivity contribution in [3.05, 3.63) is 30.3 Å². The molecule has 0 aliphatic heterocycles. The third kappa shape index (κ3) is 2.61. The molecule has 20 heavy (non-hydrogen) atoms. The minimum atomic E-state index is -4.55. The second kappa shape index (κ2) is 4.70. The topological polar surface area (TPSA) is 118 Å². The summed E-state index contributed by atoms with van der Waals surface area (Å²) in [5, 5.41) is 0.219. The molecule has 2 aromatic rings. The Balaban J connectivity index is 3.02. The molecule has 0 spiro atoms. The van der Waals surface area contributed by atoms with E-state index in [2.05, 4.69) is 0 Å². The fourth-order valence-corrected chi connectivity index (χ4v) is 3.06. The van der Waals surface area contributed by atoms with E-state index in [1.807, 2.05) is 0 Å². The van der Waals surface area contributed by atoms with Crippen LogP contribution in [-0.4, -0.2) is 33.1 Å². The van der Waals surface area contributed by atoms with Gasteiger partial charge in [-0.05, 0) is 12.1 Å². The predicted octanol–water partition coefficient (Wildman–Crippen LogP) is 1.34. The molecule has 0 bridgehead atoms. The van der Waals surface area contributed by atoms with Gasteiger partial charge in [-0.15, -0.1) is 0 Å². The third-order valence-electron chi connectivity index (χ3n) is 2.69. The van der Waals surface area contributed by atoms with Gasteiger partial charge in [-0.3, -0.25) is 9.11 Å². The molecule has 2 rings (SSSR count). The van der Waals surface area contributed by atoms with Crippen LogP contribution >= 0.6 is 0 Å². The molecule has 0 aliphatic rings. The highest BCUT2D eigenvalue weighted by Crippen LogP contribution is 2.33. The van der Waals surface area contributed by atoms with Gasteiger partial charge in [0.25, 0.3) is 20.2 Å². The Labute approximate surface area is 115 Å². The van der Waals surface area contributed by atoms with Gasteiger partial charge in [-0.1, -0.05) is 12.1 Å². The number of hydrogen-bond acceptors (Lipinski definition) is 5. The summed E-state index contributed by atoms with van der Waals surface area (Å²) >= 11 is 0. The molecule has 9 heteroatoms. The van der Waals surface area contributed by atoms with Crippen molar-refractivity contribution in [3.8, 4) is 5.75 Å². The van der Waals surface area contributed by atoms with Gasteiger partial charge in [0, 0.05) is 16.8 Å². The largest absolute Gasteiger partial charge is 0.496 e. The summed E-state index contributed by atoms with van der Waals surface area (Å²) in [4.78, 5) is -1.00. The van der Waals surface area contributed by atoms with Crippen LogP contribution < -0.4 is 4.74 Å². The first-order chi connectivity index (χ1) is 9.14. The van der Waals surface area contributed by atoms with E-state index in [4.69, 9.17) is 13.8 Å². The van der Waals surface area contributed by atoms with Crippen LogP contribution in [-0.2, 0) is 20.2 Å². The SMILES string of the molecule is COc1cc(S(=O)(=O)O)cc2c(S(=O)(=O)O)cccc12. The van der Waals surface area contributed by atoms with E-state index in [0.29, 0.717) is 0 Å². The zero-order valence-electron chi connectivity index (χ0n) is 10.1. The van der Waals surface area contributed by atoms with E-state index in [-0.39, 0.29) is 16.5 Å². The zero-order chi connectivity index (χ0) is 15.1. The van der Waals surface area contributed by atoms with Crippen molar-refractivity contribution in [2.45, 2.75) is 9.79 Å². The van der Waals surface area contributed by atoms with E-state index in [1.54, 1.807) is 0 Å². The van der Waals surface area contributed by atoms with Gasteiger partial charge in [-0.25, -0.2) is 0 Å². The van der Waals surface area contributed by atoms with Gasteiger partial charge >= 0.3 is 0 Å². The molecule has 0 saturated heterocycles. The summed E-state index contributed by atoms with van der Waals surface area (Å²) in [6.45, 7) is 0. The lowest BCUT2D eigenvalue weighted by molar-refractivity contribution is 0.417. The quantitative estimate of drug-likeness (QED) is 0.820. The molecule has 0 radical (unpaired) electrons. The van der Waals surface area contributed by atoms with Crippen LogP contribution in [0.3, 0.4) is 0 Å². The van der Waals surface area contributed by atoms with Gasteiger partial charge in [0.15, 0.2) is 0 Å². The number of benzene rings is 2. The van der Waals surface area contributed by atoms with E-state index >= 15 is 0 Å². The maximum Gasteiger partial charge on any atom is 0.295 e. The lowest BCUT2D eigenvalue weighted by Crippen LogP contribution is -2.03. The van der Waals surface area contributed by atoms with Gasteiger partial charge in [0.05, 0.1) is 12.0 Å². The standard InChI is InChI=1S/C11H10O7S2/c1-18-10-6-7(19(12,13)14)5-9-8(10)3-2-4-11(9)20(15,16)17/h2-6H,1H3,(H,12,13,14)(H,15,16,17). The fourth-order valence-electron chi connectivity index (χ4n) is 1.84. The molecule has 2 N–H and O–H groups in total. The van der Waals surface area contributed by atoms with Gasteiger partial charge in [0.2, 0.25) is 0 Å². The van der Waals surface area contributed by atoms with E-state index < -0.39 is 30.0 Å². The van der Waals surface area contributed by atoms with Crippen LogP contribution in [0.5, 0.6) is 5.75 Å². The average Bonchev–Trinajstić information content (AvgIpc) is 2.34. The van der Waals surface area contributed by atoms with Crippen molar-refractivity contribution in [2.75, 3.05) is 7.11 Å². The number of hydrogen-bond donors (Lipinski definition) is 2. The molecule has 0 fully saturated rings. The van der Waals surface area contributed by atoms with Crippen LogP contribution in [0, 0.1) is 0 Å². The van der Waals surface area contributed by atoms with Crippen LogP contribution in [0.2, 0.25) is 0 Å². The summed E-state index contributed by atoms with van der Waals surface area (Å²) < 4.78 is 68.2. The molecule has 0 amide bonds. The summed E-state index contributed by atoms with van der Waals surface area (Å²) in [6, 6.07) is 6.00. The molecule has 0 saturated carbocycles. The number of ether oxygens (including phenoxy) is 1. The lowest BCUT2D eigenvalue weighted by atomic mass is 10.1. The normalized spacial score (nSPS) is 12.6. The molecule has 0 aliphatic carbocycles. The maximum absolute atomic E-state index is 11.3. The van der Waals surface area contributed by atoms with Crippen molar-refractivity contribution >= 4 is 31.0 Å². The molecule has 7 nitrogen and oxygen atoms in total. The van der Waals surface area contributed by atoms with Gasteiger partial charge in [-0.2, -0.15) is 16.8 Å². The smallest absolute Gasteiger partial charge is 0.295 e. The van der Waals surface area contributed by atoms with Gasteiger partial charge in [0.1, 0.15) is 10.6 Å². The molecule has 2 aromatic carbocycles. The Morgan fingerprint density at radius 2 is 1.60 bits per heavy atom. The first-order valence-corrected chi connectivity index (χ1v) is 8.08. The summed E-state index contributed by atoms with van der Waals surface area (Å²) in [5.41, 5.74) is 0. The highest BCUT2D eigenvalue weighted by molar-refractivity contribution is 7.86. The third-order valence-corrected chi connectivity index (χ3v) is 4.43.